The second-order valence-corrected chi connectivity index (χ2v) is 17.3. The van der Waals surface area contributed by atoms with Gasteiger partial charge in [0.05, 0.1) is 34.6 Å². The molecule has 3 fully saturated rings. The molecule has 7 heterocycles. The van der Waals surface area contributed by atoms with E-state index in [1.54, 1.807) is 36.0 Å². The van der Waals surface area contributed by atoms with Gasteiger partial charge in [0.1, 0.15) is 6.04 Å². The number of ether oxygens (including phenoxy) is 1. The minimum atomic E-state index is -2.73. The van der Waals surface area contributed by atoms with Crippen molar-refractivity contribution in [3.8, 4) is 11.1 Å². The third-order valence-corrected chi connectivity index (χ3v) is 13.7. The third kappa shape index (κ3) is 6.77. The molecule has 3 saturated heterocycles. The van der Waals surface area contributed by atoms with Gasteiger partial charge in [0.2, 0.25) is 11.8 Å². The molecule has 1 N–H and O–H groups in total. The molecule has 5 aliphatic rings. The lowest BCUT2D eigenvalue weighted by atomic mass is 9.89. The molecule has 3 aromatic carbocycles. The van der Waals surface area contributed by atoms with Gasteiger partial charge in [0, 0.05) is 86.0 Å². The lowest BCUT2D eigenvalue weighted by Crippen LogP contribution is -2.54. The minimum Gasteiger partial charge on any atom is -0.381 e. The molecule has 15 heteroatoms. The first kappa shape index (κ1) is 39.9. The number of imide groups is 2. The molecule has 62 heavy (non-hydrogen) atoms. The number of piperidine rings is 2. The Bertz CT molecular complexity index is 2750. The number of anilines is 3. The van der Waals surface area contributed by atoms with Gasteiger partial charge in [0.25, 0.3) is 23.8 Å². The number of carbonyl (C=O) groups is 4. The van der Waals surface area contributed by atoms with Crippen molar-refractivity contribution in [2.75, 3.05) is 42.6 Å². The van der Waals surface area contributed by atoms with E-state index in [0.717, 1.165) is 69.7 Å². The Hall–Kier alpha value is -6.22. The molecule has 0 saturated carbocycles. The standard InChI is InChI=1S/C47H47F2N7O6/c1-26-18-37-40(52(2)45(26)59)20-29(27-11-16-62-17-12-27)21-41(37)54-13-3-4-28-19-34(35(43(48)49)23-39(28)54)30-24-50-55(25-30)31-9-14-53(15-10-31)32-5-6-33-36(22-32)47(61)56(46(33)60)38-7-8-42(57)51-44(38)58/h5-6,18-25,27,31,38,43H,3-4,7-17H2,1-2H3,(H,51,57,58). The quantitative estimate of drug-likeness (QED) is 0.174. The Balaban J connectivity index is 0.897. The number of benzene rings is 3. The van der Waals surface area contributed by atoms with Crippen LogP contribution in [-0.2, 0) is 27.8 Å². The average Bonchev–Trinajstić information content (AvgIpc) is 3.87. The summed E-state index contributed by atoms with van der Waals surface area (Å²) in [5, 5.41) is 7.84. The number of aromatic nitrogens is 3. The van der Waals surface area contributed by atoms with Gasteiger partial charge in [-0.05, 0) is 123 Å². The van der Waals surface area contributed by atoms with Gasteiger partial charge in [-0.15, -0.1) is 0 Å². The number of nitrogens with one attached hydrogen (secondary N) is 1. The molecule has 0 bridgehead atoms. The zero-order chi connectivity index (χ0) is 43.0. The molecule has 2 aromatic heterocycles. The smallest absolute Gasteiger partial charge is 0.264 e. The molecule has 5 aliphatic heterocycles. The number of hydrogen-bond acceptors (Lipinski definition) is 9. The number of aryl methyl sites for hydroxylation is 3. The van der Waals surface area contributed by atoms with Crippen LogP contribution in [-0.4, -0.2) is 81.8 Å². The fraction of sp³-hybridized carbons (Fsp3) is 0.404. The van der Waals surface area contributed by atoms with Gasteiger partial charge in [-0.25, -0.2) is 8.78 Å². The maximum atomic E-state index is 15.2. The second kappa shape index (κ2) is 15.6. The molecule has 0 radical (unpaired) electrons. The van der Waals surface area contributed by atoms with Crippen LogP contribution in [0.4, 0.5) is 25.8 Å². The number of fused-ring (bicyclic) bond motifs is 3. The summed E-state index contributed by atoms with van der Waals surface area (Å²) < 4.78 is 39.6. The Kier molecular flexibility index (Phi) is 10.0. The van der Waals surface area contributed by atoms with Crippen LogP contribution in [0.5, 0.6) is 0 Å². The molecule has 320 valence electrons. The van der Waals surface area contributed by atoms with Crippen molar-refractivity contribution < 1.29 is 32.7 Å². The molecular formula is C47H47F2N7O6. The number of halogens is 2. The lowest BCUT2D eigenvalue weighted by molar-refractivity contribution is -0.136. The molecule has 4 amide bonds. The first-order chi connectivity index (χ1) is 29.9. The van der Waals surface area contributed by atoms with Gasteiger partial charge in [-0.1, -0.05) is 0 Å². The van der Waals surface area contributed by atoms with Crippen LogP contribution in [0.2, 0.25) is 0 Å². The highest BCUT2D eigenvalue weighted by molar-refractivity contribution is 6.23. The van der Waals surface area contributed by atoms with Crippen LogP contribution in [0.25, 0.3) is 22.0 Å². The number of pyridine rings is 1. The van der Waals surface area contributed by atoms with Gasteiger partial charge in [-0.3, -0.25) is 38.9 Å². The van der Waals surface area contributed by atoms with Crippen LogP contribution in [0.3, 0.4) is 0 Å². The fourth-order valence-corrected chi connectivity index (χ4v) is 10.3. The SMILES string of the molecule is Cc1cc2c(N3CCCc4cc(-c5cnn(C6CCN(c7ccc8c(c7)C(=O)N(C7CCC(=O)NC7=O)C8=O)CC6)c5)c(C(F)F)cc43)cc(C3CCOCC3)cc2n(C)c1=O. The summed E-state index contributed by atoms with van der Waals surface area (Å²) in [7, 11) is 1.80. The average molecular weight is 844 g/mol. The predicted octanol–water partition coefficient (Wildman–Crippen LogP) is 6.87. The summed E-state index contributed by atoms with van der Waals surface area (Å²) in [5.41, 5.74) is 7.47. The monoisotopic (exact) mass is 843 g/mol. The number of nitrogens with zero attached hydrogens (tertiary/aromatic N) is 6. The summed E-state index contributed by atoms with van der Waals surface area (Å²) >= 11 is 0. The van der Waals surface area contributed by atoms with E-state index in [0.29, 0.717) is 62.4 Å². The van der Waals surface area contributed by atoms with Gasteiger partial charge in [-0.2, -0.15) is 5.10 Å². The Morgan fingerprint density at radius 2 is 1.60 bits per heavy atom. The van der Waals surface area contributed by atoms with E-state index in [1.807, 2.05) is 36.0 Å². The maximum absolute atomic E-state index is 15.2. The van der Waals surface area contributed by atoms with E-state index in [9.17, 15) is 24.0 Å². The molecule has 0 spiro atoms. The Morgan fingerprint density at radius 3 is 2.35 bits per heavy atom. The van der Waals surface area contributed by atoms with Crippen molar-refractivity contribution in [3.63, 3.8) is 0 Å². The largest absolute Gasteiger partial charge is 0.381 e. The topological polar surface area (TPSA) is 139 Å². The highest BCUT2D eigenvalue weighted by Crippen LogP contribution is 2.45. The van der Waals surface area contributed by atoms with E-state index >= 15 is 8.78 Å². The number of rotatable bonds is 7. The van der Waals surface area contributed by atoms with Crippen LogP contribution >= 0.6 is 0 Å². The molecule has 1 atom stereocenters. The zero-order valence-electron chi connectivity index (χ0n) is 34.7. The number of alkyl halides is 2. The predicted molar refractivity (Wildman–Crippen MR) is 228 cm³/mol. The summed E-state index contributed by atoms with van der Waals surface area (Å²) in [6.45, 7) is 5.08. The first-order valence-corrected chi connectivity index (χ1v) is 21.5. The van der Waals surface area contributed by atoms with Crippen LogP contribution < -0.4 is 20.7 Å². The van der Waals surface area contributed by atoms with Crippen LogP contribution in [0.15, 0.2) is 65.7 Å². The van der Waals surface area contributed by atoms with Crippen molar-refractivity contribution in [3.05, 3.63) is 105 Å². The fourth-order valence-electron chi connectivity index (χ4n) is 10.3. The van der Waals surface area contributed by atoms with Crippen LogP contribution in [0, 0.1) is 6.92 Å². The van der Waals surface area contributed by atoms with E-state index in [4.69, 9.17) is 9.84 Å². The van der Waals surface area contributed by atoms with E-state index in [1.165, 1.54) is 0 Å². The lowest BCUT2D eigenvalue weighted by Gasteiger charge is -2.34. The number of hydrogen-bond donors (Lipinski definition) is 1. The number of amides is 4. The van der Waals surface area contributed by atoms with Crippen molar-refractivity contribution in [1.82, 2.24) is 24.6 Å². The molecule has 10 rings (SSSR count). The third-order valence-electron chi connectivity index (χ3n) is 13.7. The summed E-state index contributed by atoms with van der Waals surface area (Å²) in [6, 6.07) is 13.9. The molecular weight excluding hydrogens is 797 g/mol. The molecule has 5 aromatic rings. The second-order valence-electron chi connectivity index (χ2n) is 17.3. The maximum Gasteiger partial charge on any atom is 0.264 e. The Labute approximate surface area is 356 Å². The molecule has 13 nitrogen and oxygen atoms in total. The van der Waals surface area contributed by atoms with Gasteiger partial charge >= 0.3 is 0 Å². The highest BCUT2D eigenvalue weighted by atomic mass is 19.3. The normalized spacial score (nSPS) is 20.1. The van der Waals surface area contributed by atoms with E-state index < -0.39 is 36.1 Å². The molecule has 0 aliphatic carbocycles. The van der Waals surface area contributed by atoms with E-state index in [2.05, 4.69) is 27.2 Å². The Morgan fingerprint density at radius 1 is 0.823 bits per heavy atom. The minimum absolute atomic E-state index is 0.0134. The van der Waals surface area contributed by atoms with Crippen molar-refractivity contribution >= 4 is 51.6 Å². The van der Waals surface area contributed by atoms with E-state index in [-0.39, 0.29) is 47.1 Å². The van der Waals surface area contributed by atoms with Crippen molar-refractivity contribution in [1.29, 1.82) is 0 Å². The zero-order valence-corrected chi connectivity index (χ0v) is 34.7. The summed E-state index contributed by atoms with van der Waals surface area (Å²) in [4.78, 5) is 69.3. The highest BCUT2D eigenvalue weighted by Gasteiger charge is 2.45. The summed E-state index contributed by atoms with van der Waals surface area (Å²) in [5.74, 6) is -1.89. The summed E-state index contributed by atoms with van der Waals surface area (Å²) in [6.07, 6.45) is 5.69. The molecule has 1 unspecified atom stereocenters. The van der Waals surface area contributed by atoms with Gasteiger partial charge in [0.15, 0.2) is 0 Å². The van der Waals surface area contributed by atoms with Gasteiger partial charge < -0.3 is 19.1 Å². The van der Waals surface area contributed by atoms with Crippen molar-refractivity contribution in [2.45, 2.75) is 82.7 Å². The van der Waals surface area contributed by atoms with Crippen molar-refractivity contribution in [2.24, 2.45) is 7.05 Å². The first-order valence-electron chi connectivity index (χ1n) is 21.5. The van der Waals surface area contributed by atoms with Crippen LogP contribution in [0.1, 0.15) is 106 Å². The number of carbonyl (C=O) groups excluding carboxylic acids is 4.